The fraction of sp³-hybridized carbons (Fsp3) is 0.467. The first kappa shape index (κ1) is 18.2. The van der Waals surface area contributed by atoms with Crippen LogP contribution in [0.5, 0.6) is 5.75 Å². The Labute approximate surface area is 140 Å². The lowest BCUT2D eigenvalue weighted by molar-refractivity contribution is -0.145. The van der Waals surface area contributed by atoms with Gasteiger partial charge in [0.25, 0.3) is 0 Å². The molecule has 0 aromatic heterocycles. The Bertz CT molecular complexity index is 740. The van der Waals surface area contributed by atoms with Crippen LogP contribution in [0, 0.1) is 0 Å². The van der Waals surface area contributed by atoms with Gasteiger partial charge in [0.15, 0.2) is 0 Å². The maximum atomic E-state index is 12.5. The van der Waals surface area contributed by atoms with E-state index >= 15 is 0 Å². The third-order valence-corrected chi connectivity index (χ3v) is 5.71. The Morgan fingerprint density at radius 1 is 1.38 bits per heavy atom. The van der Waals surface area contributed by atoms with Crippen molar-refractivity contribution < 1.29 is 32.6 Å². The fourth-order valence-electron chi connectivity index (χ4n) is 2.33. The molecule has 1 unspecified atom stereocenters. The zero-order valence-electron chi connectivity index (χ0n) is 13.4. The largest absolute Gasteiger partial charge is 0.507 e. The van der Waals surface area contributed by atoms with Gasteiger partial charge < -0.3 is 14.6 Å². The van der Waals surface area contributed by atoms with Gasteiger partial charge in [-0.1, -0.05) is 13.8 Å². The van der Waals surface area contributed by atoms with E-state index in [0.29, 0.717) is 0 Å². The number of hydrogen-bond donors (Lipinski definition) is 1. The highest BCUT2D eigenvalue weighted by molar-refractivity contribution is 7.89. The molecule has 9 heteroatoms. The second kappa shape index (κ2) is 7.18. The number of hydrogen-bond acceptors (Lipinski definition) is 7. The minimum atomic E-state index is -3.79. The van der Waals surface area contributed by atoms with Gasteiger partial charge in [0.1, 0.15) is 11.3 Å². The van der Waals surface area contributed by atoms with Crippen LogP contribution >= 0.6 is 0 Å². The molecule has 1 heterocycles. The normalized spacial score (nSPS) is 17.8. The number of nitrogens with zero attached hydrogens (tertiary/aromatic N) is 1. The van der Waals surface area contributed by atoms with Crippen molar-refractivity contribution >= 4 is 22.0 Å². The van der Waals surface area contributed by atoms with Crippen molar-refractivity contribution in [2.24, 2.45) is 0 Å². The number of benzene rings is 1. The quantitative estimate of drug-likeness (QED) is 0.753. The summed E-state index contributed by atoms with van der Waals surface area (Å²) in [5.41, 5.74) is -0.317. The molecule has 0 amide bonds. The number of phenols is 1. The van der Waals surface area contributed by atoms with E-state index in [1.54, 1.807) is 13.8 Å². The first-order valence-corrected chi connectivity index (χ1v) is 8.96. The van der Waals surface area contributed by atoms with Gasteiger partial charge in [-0.15, -0.1) is 0 Å². The second-order valence-corrected chi connectivity index (χ2v) is 7.06. The topological polar surface area (TPSA) is 110 Å². The Balaban J connectivity index is 2.31. The van der Waals surface area contributed by atoms with Gasteiger partial charge in [-0.2, -0.15) is 4.31 Å². The fourth-order valence-corrected chi connectivity index (χ4v) is 3.81. The molecule has 2 rings (SSSR count). The van der Waals surface area contributed by atoms with E-state index in [1.165, 1.54) is 10.4 Å². The minimum absolute atomic E-state index is 0.134. The van der Waals surface area contributed by atoms with Crippen LogP contribution in [-0.2, 0) is 24.3 Å². The zero-order chi connectivity index (χ0) is 17.9. The molecule has 0 bridgehead atoms. The molecular formula is C15H19NO7S. The molecule has 0 spiro atoms. The molecule has 132 valence electrons. The maximum absolute atomic E-state index is 12.5. The number of carbonyl (C=O) groups is 2. The number of ether oxygens (including phenoxy) is 2. The van der Waals surface area contributed by atoms with Crippen LogP contribution in [-0.4, -0.2) is 55.6 Å². The Morgan fingerprint density at radius 2 is 2.04 bits per heavy atom. The average molecular weight is 357 g/mol. The van der Waals surface area contributed by atoms with Crippen molar-refractivity contribution in [2.75, 3.05) is 19.7 Å². The summed E-state index contributed by atoms with van der Waals surface area (Å²) < 4.78 is 35.9. The maximum Gasteiger partial charge on any atom is 0.347 e. The third kappa shape index (κ3) is 3.51. The van der Waals surface area contributed by atoms with Gasteiger partial charge in [-0.3, -0.25) is 0 Å². The molecule has 1 saturated heterocycles. The summed E-state index contributed by atoms with van der Waals surface area (Å²) in [4.78, 5) is 23.4. The molecular weight excluding hydrogens is 338 g/mol. The number of esters is 2. The molecule has 1 aliphatic rings. The Hall–Kier alpha value is -2.13. The van der Waals surface area contributed by atoms with Crippen LogP contribution in [0.15, 0.2) is 23.1 Å². The van der Waals surface area contributed by atoms with Gasteiger partial charge in [0.05, 0.1) is 11.5 Å². The highest BCUT2D eigenvalue weighted by atomic mass is 32.2. The predicted molar refractivity (Wildman–Crippen MR) is 83.0 cm³/mol. The Kier molecular flexibility index (Phi) is 5.45. The van der Waals surface area contributed by atoms with Crippen molar-refractivity contribution in [3.8, 4) is 5.75 Å². The molecule has 1 N–H and O–H groups in total. The van der Waals surface area contributed by atoms with Crippen molar-refractivity contribution in [3.05, 3.63) is 23.8 Å². The van der Waals surface area contributed by atoms with Crippen LogP contribution in [0.2, 0.25) is 0 Å². The molecule has 8 nitrogen and oxygen atoms in total. The van der Waals surface area contributed by atoms with Crippen molar-refractivity contribution in [1.29, 1.82) is 0 Å². The molecule has 0 radical (unpaired) electrons. The summed E-state index contributed by atoms with van der Waals surface area (Å²) in [5, 5.41) is 9.84. The number of phenolic OH excluding ortho intramolecular Hbond substituents is 1. The lowest BCUT2D eigenvalue weighted by atomic mass is 10.2. The number of sulfonamides is 1. The number of aromatic hydroxyl groups is 1. The van der Waals surface area contributed by atoms with Crippen LogP contribution in [0.25, 0.3) is 0 Å². The average Bonchev–Trinajstić information content (AvgIpc) is 2.93. The molecule has 1 atom stereocenters. The standard InChI is InChI=1S/C15H19NO7S/c1-3-16(4-2)24(20,21)10-5-6-12(17)11(9-10)14(18)23-13-7-8-22-15(13)19/h5-6,9,13,17H,3-4,7-8H2,1-2H3. The van der Waals surface area contributed by atoms with Crippen molar-refractivity contribution in [1.82, 2.24) is 4.31 Å². The van der Waals surface area contributed by atoms with Gasteiger partial charge in [-0.05, 0) is 18.2 Å². The van der Waals surface area contributed by atoms with Gasteiger partial charge in [0, 0.05) is 19.5 Å². The summed E-state index contributed by atoms with van der Waals surface area (Å²) >= 11 is 0. The molecule has 1 aromatic rings. The first-order chi connectivity index (χ1) is 11.3. The smallest absolute Gasteiger partial charge is 0.347 e. The van der Waals surface area contributed by atoms with E-state index in [1.807, 2.05) is 0 Å². The molecule has 1 aromatic carbocycles. The molecule has 24 heavy (non-hydrogen) atoms. The zero-order valence-corrected chi connectivity index (χ0v) is 14.2. The summed E-state index contributed by atoms with van der Waals surface area (Å²) in [6.07, 6.45) is -0.817. The summed E-state index contributed by atoms with van der Waals surface area (Å²) in [5.74, 6) is -2.06. The lowest BCUT2D eigenvalue weighted by Crippen LogP contribution is -2.30. The van der Waals surface area contributed by atoms with E-state index in [4.69, 9.17) is 4.74 Å². The highest BCUT2D eigenvalue weighted by Crippen LogP contribution is 2.25. The highest BCUT2D eigenvalue weighted by Gasteiger charge is 2.32. The first-order valence-electron chi connectivity index (χ1n) is 7.52. The molecule has 1 aliphatic heterocycles. The van der Waals surface area contributed by atoms with Crippen LogP contribution in [0.3, 0.4) is 0 Å². The Morgan fingerprint density at radius 3 is 2.58 bits per heavy atom. The van der Waals surface area contributed by atoms with Crippen molar-refractivity contribution in [2.45, 2.75) is 31.3 Å². The number of cyclic esters (lactones) is 1. The van der Waals surface area contributed by atoms with Gasteiger partial charge >= 0.3 is 11.9 Å². The summed E-state index contributed by atoms with van der Waals surface area (Å²) in [6, 6.07) is 3.37. The minimum Gasteiger partial charge on any atom is -0.507 e. The molecule has 1 fully saturated rings. The van der Waals surface area contributed by atoms with Crippen molar-refractivity contribution in [3.63, 3.8) is 0 Å². The molecule has 0 aliphatic carbocycles. The predicted octanol–water partition coefficient (Wildman–Crippen LogP) is 0.895. The van der Waals surface area contributed by atoms with E-state index < -0.39 is 33.8 Å². The second-order valence-electron chi connectivity index (χ2n) is 5.12. The van der Waals surface area contributed by atoms with Crippen LogP contribution < -0.4 is 0 Å². The van der Waals surface area contributed by atoms with E-state index in [0.717, 1.165) is 12.1 Å². The van der Waals surface area contributed by atoms with E-state index in [9.17, 15) is 23.1 Å². The summed E-state index contributed by atoms with van der Waals surface area (Å²) in [6.45, 7) is 4.09. The van der Waals surface area contributed by atoms with E-state index in [-0.39, 0.29) is 36.6 Å². The summed E-state index contributed by atoms with van der Waals surface area (Å²) in [7, 11) is -3.79. The van der Waals surface area contributed by atoms with Crippen LogP contribution in [0.4, 0.5) is 0 Å². The SMILES string of the molecule is CCN(CC)S(=O)(=O)c1ccc(O)c(C(=O)OC2CCOC2=O)c1. The third-order valence-electron chi connectivity index (χ3n) is 3.67. The number of rotatable bonds is 6. The van der Waals surface area contributed by atoms with Gasteiger partial charge in [0.2, 0.25) is 16.1 Å². The lowest BCUT2D eigenvalue weighted by Gasteiger charge is -2.19. The number of carbonyl (C=O) groups excluding carboxylic acids is 2. The monoisotopic (exact) mass is 357 g/mol. The van der Waals surface area contributed by atoms with E-state index in [2.05, 4.69) is 4.74 Å². The van der Waals surface area contributed by atoms with Crippen LogP contribution in [0.1, 0.15) is 30.6 Å². The molecule has 0 saturated carbocycles. The van der Waals surface area contributed by atoms with Gasteiger partial charge in [-0.25, -0.2) is 18.0 Å².